The van der Waals surface area contributed by atoms with Crippen LogP contribution >= 0.6 is 0 Å². The Balaban J connectivity index is 0.000000411. The van der Waals surface area contributed by atoms with Crippen molar-refractivity contribution in [1.29, 1.82) is 0 Å². The van der Waals surface area contributed by atoms with E-state index in [9.17, 15) is 27.2 Å². The minimum Gasteiger partial charge on any atom is -0.478 e. The first-order valence-electron chi connectivity index (χ1n) is 4.18. The molecule has 0 aliphatic carbocycles. The molecule has 4 nitrogen and oxygen atoms in total. The summed E-state index contributed by atoms with van der Waals surface area (Å²) in [5.74, 6) is -2.13. The quantitative estimate of drug-likeness (QED) is 0.806. The van der Waals surface area contributed by atoms with Gasteiger partial charge in [0, 0.05) is 0 Å². The molecule has 0 bridgehead atoms. The summed E-state index contributed by atoms with van der Waals surface area (Å²) in [5, 5.41) is 16.9. The van der Waals surface area contributed by atoms with E-state index in [0.717, 1.165) is 0 Å². The van der Waals surface area contributed by atoms with Crippen LogP contribution in [0.25, 0.3) is 0 Å². The van der Waals surface area contributed by atoms with E-state index in [0.29, 0.717) is 0 Å². The molecule has 18 heavy (non-hydrogen) atoms. The van der Waals surface area contributed by atoms with Crippen molar-refractivity contribution in [3.8, 4) is 0 Å². The zero-order chi connectivity index (χ0) is 14.3. The summed E-state index contributed by atoms with van der Waals surface area (Å²) >= 11 is 0. The van der Waals surface area contributed by atoms with E-state index in [1.807, 2.05) is 0 Å². The van der Waals surface area contributed by atoms with Gasteiger partial charge in [0.1, 0.15) is 0 Å². The summed E-state index contributed by atoms with van der Waals surface area (Å²) in [6, 6.07) is 5.02. The summed E-state index contributed by atoms with van der Waals surface area (Å²) in [6.45, 7) is 0. The molecule has 2 N–H and O–H groups in total. The second-order valence-corrected chi connectivity index (χ2v) is 2.71. The predicted octanol–water partition coefficient (Wildman–Crippen LogP) is 3.07. The number of carbonyl (C=O) groups is 2. The third-order valence-corrected chi connectivity index (χ3v) is 1.52. The third-order valence-electron chi connectivity index (χ3n) is 1.52. The van der Waals surface area contributed by atoms with Gasteiger partial charge in [-0.2, -0.15) is 17.6 Å². The molecule has 0 saturated carbocycles. The first-order chi connectivity index (χ1) is 8.25. The highest BCUT2D eigenvalue weighted by molar-refractivity contribution is 5.91. The van der Waals surface area contributed by atoms with Crippen molar-refractivity contribution >= 4 is 11.9 Å². The molecular formula is C10H6F4O4. The van der Waals surface area contributed by atoms with Crippen molar-refractivity contribution in [2.75, 3.05) is 0 Å². The van der Waals surface area contributed by atoms with Crippen molar-refractivity contribution in [2.45, 2.75) is 0 Å². The zero-order valence-corrected chi connectivity index (χ0v) is 8.53. The molecule has 1 aromatic rings. The van der Waals surface area contributed by atoms with Crippen LogP contribution in [0.5, 0.6) is 0 Å². The lowest BCUT2D eigenvalue weighted by atomic mass is 10.1. The lowest BCUT2D eigenvalue weighted by molar-refractivity contribution is 0.0681. The Bertz CT molecular complexity index is 416. The van der Waals surface area contributed by atoms with E-state index in [1.54, 1.807) is 0 Å². The molecule has 0 unspecified atom stereocenters. The van der Waals surface area contributed by atoms with Gasteiger partial charge in [-0.15, -0.1) is 0 Å². The number of aromatic carboxylic acids is 2. The average molecular weight is 266 g/mol. The molecule has 98 valence electrons. The molecule has 1 aromatic carbocycles. The molecule has 0 aromatic heterocycles. The number of carboxylic acid groups (broad SMARTS) is 2. The smallest absolute Gasteiger partial charge is 0.335 e. The van der Waals surface area contributed by atoms with Gasteiger partial charge >= 0.3 is 24.1 Å². The van der Waals surface area contributed by atoms with Crippen molar-refractivity contribution < 1.29 is 37.4 Å². The van der Waals surface area contributed by atoms with Crippen LogP contribution in [-0.4, -0.2) is 22.2 Å². The monoisotopic (exact) mass is 266 g/mol. The molecule has 0 aliphatic heterocycles. The highest BCUT2D eigenvalue weighted by Gasteiger charge is 2.04. The Morgan fingerprint density at radius 2 is 0.944 bits per heavy atom. The highest BCUT2D eigenvalue weighted by Crippen LogP contribution is 2.08. The first kappa shape index (κ1) is 15.6. The van der Waals surface area contributed by atoms with Crippen LogP contribution in [-0.2, 0) is 0 Å². The van der Waals surface area contributed by atoms with E-state index < -0.39 is 24.1 Å². The van der Waals surface area contributed by atoms with Gasteiger partial charge < -0.3 is 10.2 Å². The average Bonchev–Trinajstić information content (AvgIpc) is 2.29. The molecular weight excluding hydrogens is 260 g/mol. The number of benzene rings is 1. The Labute approximate surface area is 97.8 Å². The molecule has 8 heteroatoms. The Morgan fingerprint density at radius 1 is 0.722 bits per heavy atom. The molecule has 0 radical (unpaired) electrons. The number of halogens is 4. The van der Waals surface area contributed by atoms with Gasteiger partial charge in [0.2, 0.25) is 0 Å². The topological polar surface area (TPSA) is 74.6 Å². The van der Waals surface area contributed by atoms with Crippen LogP contribution < -0.4 is 0 Å². The fraction of sp³-hybridized carbons (Fsp3) is 0. The summed E-state index contributed by atoms with van der Waals surface area (Å²) in [6.07, 6.45) is -5.81. The lowest BCUT2D eigenvalue weighted by Gasteiger charge is -1.94. The van der Waals surface area contributed by atoms with Crippen LogP contribution in [0.4, 0.5) is 17.6 Å². The molecule has 0 spiro atoms. The van der Waals surface area contributed by atoms with Crippen molar-refractivity contribution in [2.24, 2.45) is 0 Å². The van der Waals surface area contributed by atoms with Gasteiger partial charge in [-0.25, -0.2) is 9.59 Å². The number of hydrogen-bond acceptors (Lipinski definition) is 2. The van der Waals surface area contributed by atoms with Gasteiger partial charge in [-0.1, -0.05) is 0 Å². The van der Waals surface area contributed by atoms with E-state index in [-0.39, 0.29) is 11.1 Å². The number of rotatable bonds is 2. The first-order valence-corrected chi connectivity index (χ1v) is 4.18. The van der Waals surface area contributed by atoms with Crippen LogP contribution in [0.3, 0.4) is 0 Å². The van der Waals surface area contributed by atoms with Crippen molar-refractivity contribution in [3.63, 3.8) is 0 Å². The van der Waals surface area contributed by atoms with Gasteiger partial charge in [-0.3, -0.25) is 0 Å². The van der Waals surface area contributed by atoms with Crippen molar-refractivity contribution in [3.05, 3.63) is 47.6 Å². The summed E-state index contributed by atoms with van der Waals surface area (Å²) < 4.78 is 41.1. The third kappa shape index (κ3) is 5.64. The zero-order valence-electron chi connectivity index (χ0n) is 8.53. The van der Waals surface area contributed by atoms with Gasteiger partial charge in [0.15, 0.2) is 0 Å². The molecule has 0 heterocycles. The molecule has 0 atom stereocenters. The lowest BCUT2D eigenvalue weighted by Crippen LogP contribution is -1.99. The van der Waals surface area contributed by atoms with Crippen LogP contribution in [0.15, 0.2) is 36.4 Å². The highest BCUT2D eigenvalue weighted by atomic mass is 19.3. The maximum Gasteiger partial charge on any atom is 0.335 e. The number of hydrogen-bond donors (Lipinski definition) is 2. The standard InChI is InChI=1S/C8H6O4.C2F4/c9-7(10)5-1-2-6(4-3-5)8(11)12;3-1(4)2(5)6/h1-4H,(H,9,10)(H,11,12);. The van der Waals surface area contributed by atoms with E-state index in [2.05, 4.69) is 0 Å². The molecule has 0 amide bonds. The minimum atomic E-state index is -2.91. The fourth-order valence-electron chi connectivity index (χ4n) is 0.755. The maximum absolute atomic E-state index is 10.3. The van der Waals surface area contributed by atoms with Gasteiger partial charge in [-0.05, 0) is 24.3 Å². The Morgan fingerprint density at radius 3 is 1.06 bits per heavy atom. The summed E-state index contributed by atoms with van der Waals surface area (Å²) in [5.41, 5.74) is 0.167. The SMILES string of the molecule is FC(F)=C(F)F.O=C(O)c1ccc(C(=O)O)cc1. The number of carboxylic acids is 2. The Hall–Kier alpha value is -2.38. The maximum atomic E-state index is 10.3. The van der Waals surface area contributed by atoms with E-state index >= 15 is 0 Å². The van der Waals surface area contributed by atoms with Crippen LogP contribution in [0, 0.1) is 0 Å². The Kier molecular flexibility index (Phi) is 6.11. The molecule has 0 aliphatic rings. The molecule has 0 fully saturated rings. The van der Waals surface area contributed by atoms with Crippen molar-refractivity contribution in [1.82, 2.24) is 0 Å². The molecule has 1 rings (SSSR count). The largest absolute Gasteiger partial charge is 0.478 e. The normalized spacial score (nSPS) is 8.89. The van der Waals surface area contributed by atoms with Gasteiger partial charge in [0.05, 0.1) is 11.1 Å². The summed E-state index contributed by atoms with van der Waals surface area (Å²) in [7, 11) is 0. The van der Waals surface area contributed by atoms with Gasteiger partial charge in [0.25, 0.3) is 0 Å². The van der Waals surface area contributed by atoms with Crippen LogP contribution in [0.2, 0.25) is 0 Å². The fourth-order valence-corrected chi connectivity index (χ4v) is 0.755. The predicted molar refractivity (Wildman–Crippen MR) is 51.8 cm³/mol. The van der Waals surface area contributed by atoms with E-state index in [4.69, 9.17) is 10.2 Å². The van der Waals surface area contributed by atoms with E-state index in [1.165, 1.54) is 24.3 Å². The second kappa shape index (κ2) is 7.05. The van der Waals surface area contributed by atoms with Crippen LogP contribution in [0.1, 0.15) is 20.7 Å². The minimum absolute atomic E-state index is 0.0833. The second-order valence-electron chi connectivity index (χ2n) is 2.71. The summed E-state index contributed by atoms with van der Waals surface area (Å²) in [4.78, 5) is 20.7. The molecule has 0 saturated heterocycles.